The molecule has 2 aliphatic heterocycles. The van der Waals surface area contributed by atoms with Crippen molar-refractivity contribution in [2.75, 3.05) is 13.1 Å². The minimum Gasteiger partial charge on any atom is -0.480 e. The van der Waals surface area contributed by atoms with Gasteiger partial charge in [-0.25, -0.2) is 4.79 Å². The van der Waals surface area contributed by atoms with Crippen LogP contribution in [0.3, 0.4) is 0 Å². The van der Waals surface area contributed by atoms with Gasteiger partial charge in [0.2, 0.25) is 35.4 Å². The summed E-state index contributed by atoms with van der Waals surface area (Å²) in [6, 6.07) is -7.38. The van der Waals surface area contributed by atoms with Crippen molar-refractivity contribution >= 4 is 41.4 Å². The van der Waals surface area contributed by atoms with E-state index in [0.29, 0.717) is 44.9 Å². The van der Waals surface area contributed by atoms with E-state index in [-0.39, 0.29) is 43.7 Å². The second kappa shape index (κ2) is 22.1. The van der Waals surface area contributed by atoms with Crippen LogP contribution in [0, 0.1) is 23.7 Å². The normalized spacial score (nSPS) is 21.5. The van der Waals surface area contributed by atoms with Crippen molar-refractivity contribution in [2.24, 2.45) is 29.4 Å². The first-order chi connectivity index (χ1) is 25.7. The summed E-state index contributed by atoms with van der Waals surface area (Å²) in [5.41, 5.74) is 6.05. The molecule has 0 aliphatic carbocycles. The fourth-order valence-electron chi connectivity index (χ4n) is 7.16. The molecule has 2 fully saturated rings. The summed E-state index contributed by atoms with van der Waals surface area (Å²) in [4.78, 5) is 97.0. The molecule has 2 saturated heterocycles. The lowest BCUT2D eigenvalue weighted by molar-refractivity contribution is -0.154. The summed E-state index contributed by atoms with van der Waals surface area (Å²) in [6.45, 7) is 16.6. The van der Waals surface area contributed by atoms with Gasteiger partial charge in [-0.1, -0.05) is 61.8 Å². The Labute approximate surface area is 326 Å². The van der Waals surface area contributed by atoms with E-state index in [1.807, 2.05) is 34.6 Å². The minimum absolute atomic E-state index is 0.000641. The van der Waals surface area contributed by atoms with Gasteiger partial charge in [0, 0.05) is 13.1 Å². The number of hydrogen-bond acceptors (Lipinski definition) is 9. The number of aliphatic carboxylic acids is 1. The quantitative estimate of drug-likeness (QED) is 0.0991. The van der Waals surface area contributed by atoms with E-state index in [0.717, 1.165) is 0 Å². The number of carboxylic acids is 1. The van der Waals surface area contributed by atoms with E-state index in [2.05, 4.69) is 21.3 Å². The molecule has 16 heteroatoms. The molecule has 0 spiro atoms. The van der Waals surface area contributed by atoms with Gasteiger partial charge < -0.3 is 47.0 Å². The zero-order chi connectivity index (χ0) is 41.7. The number of hydrogen-bond donors (Lipinski definition) is 7. The molecule has 16 nitrogen and oxygen atoms in total. The highest BCUT2D eigenvalue weighted by molar-refractivity contribution is 5.97. The first-order valence-corrected chi connectivity index (χ1v) is 20.2. The Morgan fingerprint density at radius 3 is 1.65 bits per heavy atom. The van der Waals surface area contributed by atoms with Gasteiger partial charge in [-0.2, -0.15) is 0 Å². The van der Waals surface area contributed by atoms with Gasteiger partial charge in [0.1, 0.15) is 36.3 Å². The Bertz CT molecular complexity index is 1340. The molecule has 0 radical (unpaired) electrons. The van der Waals surface area contributed by atoms with Crippen LogP contribution in [0.5, 0.6) is 0 Å². The Hall–Kier alpha value is -3.79. The number of piperidine rings is 2. The van der Waals surface area contributed by atoms with Crippen LogP contribution in [-0.2, 0) is 33.6 Å². The van der Waals surface area contributed by atoms with Gasteiger partial charge >= 0.3 is 5.97 Å². The molecule has 55 heavy (non-hydrogen) atoms. The number of rotatable bonds is 19. The molecule has 9 atom stereocenters. The van der Waals surface area contributed by atoms with E-state index in [4.69, 9.17) is 5.73 Å². The maximum absolute atomic E-state index is 14.3. The molecule has 314 valence electrons. The third-order valence-corrected chi connectivity index (χ3v) is 10.7. The lowest BCUT2D eigenvalue weighted by atomic mass is 9.94. The molecule has 0 bridgehead atoms. The largest absolute Gasteiger partial charge is 0.480 e. The Morgan fingerprint density at radius 2 is 1.16 bits per heavy atom. The first-order valence-electron chi connectivity index (χ1n) is 20.2. The summed E-state index contributed by atoms with van der Waals surface area (Å²) in [7, 11) is 0. The van der Waals surface area contributed by atoms with Gasteiger partial charge in [-0.15, -0.1) is 0 Å². The number of nitrogens with one attached hydrogen (secondary N) is 4. The Balaban J connectivity index is 2.30. The third kappa shape index (κ3) is 13.7. The molecule has 0 unspecified atom stereocenters. The first kappa shape index (κ1) is 47.4. The number of carbonyl (C=O) groups excluding carboxylic acids is 6. The molecule has 2 aliphatic rings. The molecule has 0 aromatic rings. The van der Waals surface area contributed by atoms with Crippen molar-refractivity contribution < 1.29 is 43.8 Å². The number of carbonyl (C=O) groups is 7. The fraction of sp³-hybridized carbons (Fsp3) is 0.821. The van der Waals surface area contributed by atoms with Gasteiger partial charge in [-0.3, -0.25) is 28.8 Å². The van der Waals surface area contributed by atoms with Crippen LogP contribution in [0.4, 0.5) is 0 Å². The second-order valence-electron chi connectivity index (χ2n) is 16.7. The second-order valence-corrected chi connectivity index (χ2v) is 16.7. The van der Waals surface area contributed by atoms with Crippen molar-refractivity contribution in [3.63, 3.8) is 0 Å². The number of nitrogens with two attached hydrogens (primary N) is 1. The summed E-state index contributed by atoms with van der Waals surface area (Å²) in [6.07, 6.45) is 3.08. The molecule has 2 heterocycles. The van der Waals surface area contributed by atoms with Crippen LogP contribution in [0.1, 0.15) is 120 Å². The Morgan fingerprint density at radius 1 is 0.655 bits per heavy atom. The molecule has 2 rings (SSSR count). The zero-order valence-corrected chi connectivity index (χ0v) is 34.4. The van der Waals surface area contributed by atoms with Crippen LogP contribution in [0.2, 0.25) is 0 Å². The highest BCUT2D eigenvalue weighted by Gasteiger charge is 2.41. The van der Waals surface area contributed by atoms with Crippen LogP contribution in [0.25, 0.3) is 0 Å². The number of likely N-dealkylation sites (tertiary alicyclic amines) is 2. The summed E-state index contributed by atoms with van der Waals surface area (Å²) in [5, 5.41) is 31.1. The highest BCUT2D eigenvalue weighted by Crippen LogP contribution is 2.23. The summed E-state index contributed by atoms with van der Waals surface area (Å²) in [5.74, 6) is -5.26. The number of aliphatic hydroxyl groups excluding tert-OH is 1. The molecular weight excluding hydrogens is 710 g/mol. The van der Waals surface area contributed by atoms with E-state index in [9.17, 15) is 43.8 Å². The van der Waals surface area contributed by atoms with E-state index in [1.54, 1.807) is 20.8 Å². The van der Waals surface area contributed by atoms with Gasteiger partial charge in [0.05, 0.1) is 12.1 Å². The van der Waals surface area contributed by atoms with Crippen molar-refractivity contribution in [1.29, 1.82) is 0 Å². The Kier molecular flexibility index (Phi) is 19.0. The van der Waals surface area contributed by atoms with Crippen LogP contribution in [-0.4, -0.2) is 123 Å². The van der Waals surface area contributed by atoms with Crippen molar-refractivity contribution in [2.45, 2.75) is 168 Å². The molecular formula is C39H69N7O9. The zero-order valence-electron chi connectivity index (χ0n) is 34.4. The van der Waals surface area contributed by atoms with E-state index in [1.165, 1.54) is 16.7 Å². The highest BCUT2D eigenvalue weighted by atomic mass is 16.4. The average Bonchev–Trinajstić information content (AvgIpc) is 3.13. The molecule has 0 aromatic carbocycles. The average molecular weight is 780 g/mol. The van der Waals surface area contributed by atoms with Crippen LogP contribution < -0.4 is 27.0 Å². The lowest BCUT2D eigenvalue weighted by Gasteiger charge is -2.40. The van der Waals surface area contributed by atoms with E-state index >= 15 is 0 Å². The van der Waals surface area contributed by atoms with Gasteiger partial charge in [0.25, 0.3) is 0 Å². The summed E-state index contributed by atoms with van der Waals surface area (Å²) >= 11 is 0. The van der Waals surface area contributed by atoms with Crippen molar-refractivity contribution in [3.05, 3.63) is 0 Å². The smallest absolute Gasteiger partial charge is 0.326 e. The minimum atomic E-state index is -1.39. The van der Waals surface area contributed by atoms with Gasteiger partial charge in [0.15, 0.2) is 0 Å². The van der Waals surface area contributed by atoms with Gasteiger partial charge in [-0.05, 0) is 82.0 Å². The lowest BCUT2D eigenvalue weighted by Crippen LogP contribution is -2.63. The predicted molar refractivity (Wildman–Crippen MR) is 207 cm³/mol. The third-order valence-electron chi connectivity index (χ3n) is 10.7. The monoisotopic (exact) mass is 780 g/mol. The summed E-state index contributed by atoms with van der Waals surface area (Å²) < 4.78 is 0. The maximum Gasteiger partial charge on any atom is 0.326 e. The number of carboxylic acid groups (broad SMARTS) is 1. The number of aliphatic hydroxyl groups is 1. The van der Waals surface area contributed by atoms with Crippen LogP contribution >= 0.6 is 0 Å². The molecule has 0 saturated carbocycles. The van der Waals surface area contributed by atoms with Crippen LogP contribution in [0.15, 0.2) is 0 Å². The van der Waals surface area contributed by atoms with E-state index < -0.39 is 95.7 Å². The topological polar surface area (TPSA) is 241 Å². The van der Waals surface area contributed by atoms with Crippen molar-refractivity contribution in [3.8, 4) is 0 Å². The number of amides is 6. The fourth-order valence-corrected chi connectivity index (χ4v) is 7.16. The van der Waals surface area contributed by atoms with Crippen molar-refractivity contribution in [1.82, 2.24) is 31.1 Å². The SMILES string of the molecule is CC[C@H](C)[C@H](N)C(=O)N[C@H](C(=O)N[C@@H](CC(C)C)C(=O)N[C@H](C(=O)N1CCCC[C@H]1C(=O)N[C@@H](CC(C)C)C(=O)N1CCCC[C@H]1C(=O)O)C(C)C)[C@@H](C)O. The maximum atomic E-state index is 14.3. The standard InChI is InChI=1S/C39H69N7O9/c1-10-24(8)30(40)35(50)44-32(25(9)47)36(51)41-26(19-21(2)3)33(48)43-31(23(6)7)38(53)45-17-13-11-15-28(45)34(49)42-27(20-22(4)5)37(52)46-18-14-12-16-29(46)39(54)55/h21-32,47H,10-20,40H2,1-9H3,(H,41,51)(H,42,49)(H,43,48)(H,44,50)(H,54,55)/t24-,25+,26-,27-,28-,29-,30-,31-,32-/m0/s1. The molecule has 0 aromatic heterocycles. The number of nitrogens with zero attached hydrogens (tertiary/aromatic N) is 2. The predicted octanol–water partition coefficient (Wildman–Crippen LogP) is 1.27. The molecule has 8 N–H and O–H groups in total. The molecule has 6 amide bonds.